The molecular weight excluding hydrogens is 465 g/mol. The molecule has 3 aromatic carbocycles. The van der Waals surface area contributed by atoms with Gasteiger partial charge in [0.2, 0.25) is 11.8 Å². The number of anilines is 1. The monoisotopic (exact) mass is 485 g/mol. The summed E-state index contributed by atoms with van der Waals surface area (Å²) in [6, 6.07) is 21.6. The molecule has 0 radical (unpaired) electrons. The van der Waals surface area contributed by atoms with Gasteiger partial charge in [0.25, 0.3) is 0 Å². The predicted octanol–water partition coefficient (Wildman–Crippen LogP) is 4.70. The van der Waals surface area contributed by atoms with Gasteiger partial charge in [-0.3, -0.25) is 9.59 Å². The third kappa shape index (κ3) is 5.63. The Hall–Kier alpha value is -2.74. The van der Waals surface area contributed by atoms with E-state index in [1.54, 1.807) is 0 Å². The highest BCUT2D eigenvalue weighted by Gasteiger charge is 2.07. The van der Waals surface area contributed by atoms with Crippen molar-refractivity contribution in [3.05, 3.63) is 75.9 Å². The van der Waals surface area contributed by atoms with Crippen molar-refractivity contribution in [2.75, 3.05) is 5.32 Å². The summed E-state index contributed by atoms with van der Waals surface area (Å²) in [6.07, 6.45) is 0.174. The van der Waals surface area contributed by atoms with Gasteiger partial charge >= 0.3 is 0 Å². The number of hydrogen-bond donors (Lipinski definition) is 2. The SMILES string of the molecule is C/C(=N\NC(=O)CCC(=O)Nc1ccc(I)cc1)c1ccc2ccccc2c1. The number of amides is 2. The van der Waals surface area contributed by atoms with Gasteiger partial charge in [0, 0.05) is 22.1 Å². The number of halogens is 1. The van der Waals surface area contributed by atoms with Crippen molar-refractivity contribution in [2.24, 2.45) is 5.10 Å². The maximum atomic E-state index is 12.0. The number of carbonyl (C=O) groups excluding carboxylic acids is 2. The Morgan fingerprint density at radius 2 is 1.57 bits per heavy atom. The molecule has 0 aliphatic rings. The number of hydrogen-bond acceptors (Lipinski definition) is 3. The largest absolute Gasteiger partial charge is 0.326 e. The summed E-state index contributed by atoms with van der Waals surface area (Å²) in [4.78, 5) is 24.0. The standard InChI is InChI=1S/C22H20IN3O2/c1-15(17-7-6-16-4-2-3-5-18(16)14-17)25-26-22(28)13-12-21(27)24-20-10-8-19(23)9-11-20/h2-11,14H,12-13H2,1H3,(H,24,27)(H,26,28)/b25-15+. The van der Waals surface area contributed by atoms with Crippen LogP contribution >= 0.6 is 22.6 Å². The summed E-state index contributed by atoms with van der Waals surface area (Å²) in [5.41, 5.74) is 4.89. The van der Waals surface area contributed by atoms with Crippen molar-refractivity contribution in [1.82, 2.24) is 5.43 Å². The summed E-state index contributed by atoms with van der Waals surface area (Å²) in [5, 5.41) is 9.20. The zero-order chi connectivity index (χ0) is 19.9. The smallest absolute Gasteiger partial charge is 0.240 e. The highest BCUT2D eigenvalue weighted by Crippen LogP contribution is 2.16. The molecule has 0 atom stereocenters. The Bertz CT molecular complexity index is 1030. The highest BCUT2D eigenvalue weighted by atomic mass is 127. The van der Waals surface area contributed by atoms with Gasteiger partial charge in [0.1, 0.15) is 0 Å². The van der Waals surface area contributed by atoms with Crippen LogP contribution in [-0.2, 0) is 9.59 Å². The Labute approximate surface area is 177 Å². The van der Waals surface area contributed by atoms with E-state index in [1.165, 1.54) is 0 Å². The van der Waals surface area contributed by atoms with Crippen LogP contribution < -0.4 is 10.7 Å². The normalized spacial score (nSPS) is 11.3. The fourth-order valence-corrected chi connectivity index (χ4v) is 3.02. The van der Waals surface area contributed by atoms with Crippen molar-refractivity contribution in [2.45, 2.75) is 19.8 Å². The van der Waals surface area contributed by atoms with E-state index in [9.17, 15) is 9.59 Å². The second kappa shape index (κ2) is 9.45. The maximum absolute atomic E-state index is 12.0. The van der Waals surface area contributed by atoms with Gasteiger partial charge in [-0.25, -0.2) is 5.43 Å². The van der Waals surface area contributed by atoms with Crippen LogP contribution in [-0.4, -0.2) is 17.5 Å². The van der Waals surface area contributed by atoms with E-state index < -0.39 is 0 Å². The molecule has 5 nitrogen and oxygen atoms in total. The van der Waals surface area contributed by atoms with Crippen LogP contribution in [0.15, 0.2) is 71.8 Å². The molecule has 0 spiro atoms. The van der Waals surface area contributed by atoms with E-state index in [4.69, 9.17) is 0 Å². The van der Waals surface area contributed by atoms with Crippen LogP contribution in [0.1, 0.15) is 25.3 Å². The minimum Gasteiger partial charge on any atom is -0.326 e. The number of benzene rings is 3. The molecule has 0 unspecified atom stereocenters. The van der Waals surface area contributed by atoms with Crippen molar-refractivity contribution in [3.8, 4) is 0 Å². The van der Waals surface area contributed by atoms with Crippen molar-refractivity contribution in [3.63, 3.8) is 0 Å². The molecule has 3 rings (SSSR count). The number of nitrogens with zero attached hydrogens (tertiary/aromatic N) is 1. The summed E-state index contributed by atoms with van der Waals surface area (Å²) >= 11 is 2.20. The maximum Gasteiger partial charge on any atom is 0.240 e. The van der Waals surface area contributed by atoms with E-state index in [2.05, 4.69) is 44.5 Å². The summed E-state index contributed by atoms with van der Waals surface area (Å²) in [5.74, 6) is -0.496. The number of carbonyl (C=O) groups is 2. The van der Waals surface area contributed by atoms with Crippen LogP contribution in [0.2, 0.25) is 0 Å². The summed E-state index contributed by atoms with van der Waals surface area (Å²) in [6.45, 7) is 1.84. The third-order valence-electron chi connectivity index (χ3n) is 4.22. The lowest BCUT2D eigenvalue weighted by Gasteiger charge is -2.06. The number of nitrogens with one attached hydrogen (secondary N) is 2. The molecule has 142 valence electrons. The molecule has 0 aliphatic carbocycles. The van der Waals surface area contributed by atoms with Crippen LogP contribution in [0, 0.1) is 3.57 Å². The molecule has 2 amide bonds. The average Bonchev–Trinajstić information content (AvgIpc) is 2.71. The highest BCUT2D eigenvalue weighted by molar-refractivity contribution is 14.1. The number of fused-ring (bicyclic) bond motifs is 1. The zero-order valence-electron chi connectivity index (χ0n) is 15.4. The first-order valence-corrected chi connectivity index (χ1v) is 9.97. The molecule has 0 aliphatic heterocycles. The number of rotatable bonds is 6. The fourth-order valence-electron chi connectivity index (χ4n) is 2.66. The Morgan fingerprint density at radius 3 is 2.32 bits per heavy atom. The topological polar surface area (TPSA) is 70.6 Å². The molecule has 3 aromatic rings. The van der Waals surface area contributed by atoms with Gasteiger partial charge in [-0.05, 0) is 76.2 Å². The lowest BCUT2D eigenvalue weighted by Crippen LogP contribution is -2.21. The van der Waals surface area contributed by atoms with E-state index >= 15 is 0 Å². The fraction of sp³-hybridized carbons (Fsp3) is 0.136. The van der Waals surface area contributed by atoms with E-state index in [0.717, 1.165) is 25.6 Å². The molecule has 0 saturated carbocycles. The molecule has 6 heteroatoms. The summed E-state index contributed by atoms with van der Waals surface area (Å²) in [7, 11) is 0. The minimum absolute atomic E-state index is 0.0741. The summed E-state index contributed by atoms with van der Waals surface area (Å²) < 4.78 is 1.09. The van der Waals surface area contributed by atoms with Gasteiger partial charge in [-0.1, -0.05) is 36.4 Å². The Kier molecular flexibility index (Phi) is 6.76. The quantitative estimate of drug-likeness (QED) is 0.302. The first-order chi connectivity index (χ1) is 13.5. The van der Waals surface area contributed by atoms with Gasteiger partial charge < -0.3 is 5.32 Å². The Balaban J connectivity index is 1.50. The molecular formula is C22H20IN3O2. The Morgan fingerprint density at radius 1 is 0.893 bits per heavy atom. The zero-order valence-corrected chi connectivity index (χ0v) is 17.6. The van der Waals surface area contributed by atoms with Crippen LogP contribution in [0.25, 0.3) is 10.8 Å². The van der Waals surface area contributed by atoms with Crippen molar-refractivity contribution < 1.29 is 9.59 Å². The lowest BCUT2D eigenvalue weighted by atomic mass is 10.0. The number of hydrazone groups is 1. The van der Waals surface area contributed by atoms with Gasteiger partial charge in [0.15, 0.2) is 0 Å². The predicted molar refractivity (Wildman–Crippen MR) is 121 cm³/mol. The van der Waals surface area contributed by atoms with Crippen molar-refractivity contribution >= 4 is 56.6 Å². The first-order valence-electron chi connectivity index (χ1n) is 8.89. The van der Waals surface area contributed by atoms with Crippen LogP contribution in [0.4, 0.5) is 5.69 Å². The van der Waals surface area contributed by atoms with E-state index in [-0.39, 0.29) is 24.7 Å². The molecule has 0 fully saturated rings. The average molecular weight is 485 g/mol. The molecule has 0 saturated heterocycles. The second-order valence-electron chi connectivity index (χ2n) is 6.35. The molecule has 0 aromatic heterocycles. The van der Waals surface area contributed by atoms with Crippen LogP contribution in [0.5, 0.6) is 0 Å². The van der Waals surface area contributed by atoms with Crippen LogP contribution in [0.3, 0.4) is 0 Å². The van der Waals surface area contributed by atoms with E-state index in [0.29, 0.717) is 5.71 Å². The second-order valence-corrected chi connectivity index (χ2v) is 7.59. The van der Waals surface area contributed by atoms with Gasteiger partial charge in [-0.2, -0.15) is 5.10 Å². The van der Waals surface area contributed by atoms with E-state index in [1.807, 2.05) is 67.6 Å². The minimum atomic E-state index is -0.294. The molecule has 28 heavy (non-hydrogen) atoms. The third-order valence-corrected chi connectivity index (χ3v) is 4.94. The lowest BCUT2D eigenvalue weighted by molar-refractivity contribution is -0.124. The first kappa shape index (κ1) is 20.0. The molecule has 0 heterocycles. The van der Waals surface area contributed by atoms with Gasteiger partial charge in [0.05, 0.1) is 5.71 Å². The van der Waals surface area contributed by atoms with Crippen molar-refractivity contribution in [1.29, 1.82) is 0 Å². The molecule has 2 N–H and O–H groups in total. The molecule has 0 bridgehead atoms. The van der Waals surface area contributed by atoms with Gasteiger partial charge in [-0.15, -0.1) is 0 Å².